The monoisotopic (exact) mass is 287 g/mol. The second-order valence-electron chi connectivity index (χ2n) is 5.12. The lowest BCUT2D eigenvalue weighted by Crippen LogP contribution is -2.22. The summed E-state index contributed by atoms with van der Waals surface area (Å²) in [6.45, 7) is 4.00. The quantitative estimate of drug-likeness (QED) is 0.830. The number of halogens is 1. The lowest BCUT2D eigenvalue weighted by Gasteiger charge is -2.14. The summed E-state index contributed by atoms with van der Waals surface area (Å²) in [5.41, 5.74) is 7.07. The van der Waals surface area contributed by atoms with Gasteiger partial charge >= 0.3 is 0 Å². The Kier molecular flexibility index (Phi) is 4.65. The van der Waals surface area contributed by atoms with Crippen LogP contribution in [0.5, 0.6) is 0 Å². The average Bonchev–Trinajstić information content (AvgIpc) is 2.46. The lowest BCUT2D eigenvalue weighted by atomic mass is 9.99. The van der Waals surface area contributed by atoms with E-state index in [0.29, 0.717) is 16.9 Å². The van der Waals surface area contributed by atoms with Crippen molar-refractivity contribution < 1.29 is 9.18 Å². The molecule has 1 atom stereocenters. The Labute approximate surface area is 123 Å². The maximum atomic E-state index is 12.9. The molecule has 0 spiro atoms. The largest absolute Gasteiger partial charge is 0.368 e. The molecule has 0 bridgehead atoms. The molecule has 5 heteroatoms. The number of anilines is 1. The van der Waals surface area contributed by atoms with E-state index in [4.69, 9.17) is 5.73 Å². The molecule has 0 fully saturated rings. The van der Waals surface area contributed by atoms with Crippen molar-refractivity contribution in [3.8, 4) is 0 Å². The second-order valence-corrected chi connectivity index (χ2v) is 5.12. The van der Waals surface area contributed by atoms with E-state index >= 15 is 0 Å². The number of ketones is 1. The van der Waals surface area contributed by atoms with E-state index in [9.17, 15) is 9.18 Å². The highest BCUT2D eigenvalue weighted by atomic mass is 19.1. The van der Waals surface area contributed by atoms with Gasteiger partial charge in [-0.3, -0.25) is 4.79 Å². The van der Waals surface area contributed by atoms with Crippen LogP contribution in [0.2, 0.25) is 0 Å². The third kappa shape index (κ3) is 3.86. The lowest BCUT2D eigenvalue weighted by molar-refractivity contribution is 0.0961. The summed E-state index contributed by atoms with van der Waals surface area (Å²) < 4.78 is 12.9. The highest BCUT2D eigenvalue weighted by Crippen LogP contribution is 2.19. The molecule has 1 aromatic carbocycles. The predicted molar refractivity (Wildman–Crippen MR) is 80.7 cm³/mol. The number of carbonyl (C=O) groups is 1. The Bertz CT molecular complexity index is 626. The number of rotatable bonds is 5. The number of nitrogens with zero attached hydrogens (tertiary/aromatic N) is 1. The molecule has 0 saturated carbocycles. The third-order valence-corrected chi connectivity index (χ3v) is 2.99. The van der Waals surface area contributed by atoms with Crippen molar-refractivity contribution in [3.63, 3.8) is 0 Å². The number of nitrogens with one attached hydrogen (secondary N) is 1. The molecule has 0 saturated heterocycles. The summed E-state index contributed by atoms with van der Waals surface area (Å²) in [5, 5.41) is 3.16. The van der Waals surface area contributed by atoms with E-state index in [2.05, 4.69) is 10.3 Å². The molecule has 110 valence electrons. The molecule has 2 rings (SSSR count). The fourth-order valence-electron chi connectivity index (χ4n) is 1.96. The van der Waals surface area contributed by atoms with Crippen LogP contribution in [-0.4, -0.2) is 16.8 Å². The van der Waals surface area contributed by atoms with Gasteiger partial charge in [-0.25, -0.2) is 9.37 Å². The van der Waals surface area contributed by atoms with Gasteiger partial charge in [0.05, 0.1) is 6.04 Å². The normalized spacial score (nSPS) is 12.2. The first-order valence-electron chi connectivity index (χ1n) is 6.75. The maximum Gasteiger partial charge on any atom is 0.184 e. The van der Waals surface area contributed by atoms with Crippen LogP contribution < -0.4 is 11.1 Å². The van der Waals surface area contributed by atoms with Gasteiger partial charge in [-0.05, 0) is 55.8 Å². The molecule has 21 heavy (non-hydrogen) atoms. The molecule has 0 amide bonds. The zero-order valence-electron chi connectivity index (χ0n) is 12.0. The van der Waals surface area contributed by atoms with Gasteiger partial charge in [-0.1, -0.05) is 0 Å². The first-order chi connectivity index (χ1) is 9.97. The van der Waals surface area contributed by atoms with Gasteiger partial charge in [0.1, 0.15) is 11.6 Å². The average molecular weight is 287 g/mol. The summed E-state index contributed by atoms with van der Waals surface area (Å²) in [4.78, 5) is 16.5. The van der Waals surface area contributed by atoms with Crippen LogP contribution >= 0.6 is 0 Å². The molecule has 1 unspecified atom stereocenters. The Morgan fingerprint density at radius 1 is 1.24 bits per heavy atom. The number of pyridine rings is 1. The molecule has 0 radical (unpaired) electrons. The van der Waals surface area contributed by atoms with Crippen LogP contribution in [-0.2, 0) is 0 Å². The number of nitrogens with two attached hydrogens (primary N) is 1. The molecular formula is C16H18FN3O. The molecule has 0 aliphatic rings. The fourth-order valence-corrected chi connectivity index (χ4v) is 1.96. The van der Waals surface area contributed by atoms with Crippen molar-refractivity contribution >= 4 is 11.6 Å². The van der Waals surface area contributed by atoms with Gasteiger partial charge in [-0.2, -0.15) is 0 Å². The highest BCUT2D eigenvalue weighted by molar-refractivity contribution is 6.00. The SMILES string of the molecule is CC(C)Nc1cc(C(N)C(=O)c2ccc(F)cc2)ccn1. The zero-order valence-corrected chi connectivity index (χ0v) is 12.0. The Morgan fingerprint density at radius 2 is 1.90 bits per heavy atom. The Hall–Kier alpha value is -2.27. The van der Waals surface area contributed by atoms with Gasteiger partial charge in [0.15, 0.2) is 5.78 Å². The zero-order chi connectivity index (χ0) is 15.4. The van der Waals surface area contributed by atoms with Crippen LogP contribution in [0.3, 0.4) is 0 Å². The standard InChI is InChI=1S/C16H18FN3O/c1-10(2)20-14-9-12(7-8-19-14)15(18)16(21)11-3-5-13(17)6-4-11/h3-10,15H,18H2,1-2H3,(H,19,20). The minimum atomic E-state index is -0.800. The van der Waals surface area contributed by atoms with Crippen LogP contribution in [0, 0.1) is 5.82 Å². The van der Waals surface area contributed by atoms with Gasteiger partial charge in [0.2, 0.25) is 0 Å². The van der Waals surface area contributed by atoms with E-state index in [1.807, 2.05) is 13.8 Å². The van der Waals surface area contributed by atoms with Crippen molar-refractivity contribution in [2.24, 2.45) is 5.73 Å². The smallest absolute Gasteiger partial charge is 0.184 e. The molecular weight excluding hydrogens is 269 g/mol. The first kappa shape index (κ1) is 15.1. The Balaban J connectivity index is 2.20. The summed E-state index contributed by atoms with van der Waals surface area (Å²) >= 11 is 0. The van der Waals surface area contributed by atoms with Crippen molar-refractivity contribution in [1.29, 1.82) is 0 Å². The minimum Gasteiger partial charge on any atom is -0.368 e. The van der Waals surface area contributed by atoms with Crippen molar-refractivity contribution in [2.45, 2.75) is 25.9 Å². The maximum absolute atomic E-state index is 12.9. The van der Waals surface area contributed by atoms with E-state index in [0.717, 1.165) is 0 Å². The topological polar surface area (TPSA) is 68.0 Å². The molecule has 0 aliphatic carbocycles. The van der Waals surface area contributed by atoms with E-state index < -0.39 is 6.04 Å². The number of carbonyl (C=O) groups excluding carboxylic acids is 1. The fraction of sp³-hybridized carbons (Fsp3) is 0.250. The minimum absolute atomic E-state index is 0.233. The summed E-state index contributed by atoms with van der Waals surface area (Å²) in [6, 6.07) is 8.26. The first-order valence-corrected chi connectivity index (χ1v) is 6.75. The van der Waals surface area contributed by atoms with E-state index in [1.165, 1.54) is 24.3 Å². The van der Waals surface area contributed by atoms with Gasteiger partial charge in [0.25, 0.3) is 0 Å². The number of hydrogen-bond donors (Lipinski definition) is 2. The number of hydrogen-bond acceptors (Lipinski definition) is 4. The molecule has 2 aromatic rings. The van der Waals surface area contributed by atoms with Crippen molar-refractivity contribution in [1.82, 2.24) is 4.98 Å². The van der Waals surface area contributed by atoms with Crippen molar-refractivity contribution in [3.05, 3.63) is 59.5 Å². The van der Waals surface area contributed by atoms with Gasteiger partial charge in [0, 0.05) is 17.8 Å². The summed E-state index contributed by atoms with van der Waals surface area (Å²) in [7, 11) is 0. The molecule has 4 nitrogen and oxygen atoms in total. The Morgan fingerprint density at radius 3 is 2.52 bits per heavy atom. The second kappa shape index (κ2) is 6.45. The number of Topliss-reactive ketones (excluding diaryl/α,β-unsaturated/α-hetero) is 1. The van der Waals surface area contributed by atoms with Crippen LogP contribution in [0.15, 0.2) is 42.6 Å². The number of aromatic nitrogens is 1. The third-order valence-electron chi connectivity index (χ3n) is 2.99. The highest BCUT2D eigenvalue weighted by Gasteiger charge is 2.18. The summed E-state index contributed by atoms with van der Waals surface area (Å²) in [5.74, 6) is 0.0361. The molecule has 0 aliphatic heterocycles. The van der Waals surface area contributed by atoms with Gasteiger partial charge < -0.3 is 11.1 Å². The van der Waals surface area contributed by atoms with Crippen LogP contribution in [0.1, 0.15) is 35.8 Å². The van der Waals surface area contributed by atoms with Gasteiger partial charge in [-0.15, -0.1) is 0 Å². The molecule has 1 heterocycles. The predicted octanol–water partition coefficient (Wildman–Crippen LogP) is 2.92. The van der Waals surface area contributed by atoms with Crippen LogP contribution in [0.25, 0.3) is 0 Å². The van der Waals surface area contributed by atoms with E-state index in [-0.39, 0.29) is 17.6 Å². The molecule has 1 aromatic heterocycles. The summed E-state index contributed by atoms with van der Waals surface area (Å²) in [6.07, 6.45) is 1.61. The van der Waals surface area contributed by atoms with E-state index in [1.54, 1.807) is 18.3 Å². The van der Waals surface area contributed by atoms with Crippen molar-refractivity contribution in [2.75, 3.05) is 5.32 Å². The molecule has 3 N–H and O–H groups in total. The number of benzene rings is 1. The van der Waals surface area contributed by atoms with Crippen LogP contribution in [0.4, 0.5) is 10.2 Å².